The summed E-state index contributed by atoms with van der Waals surface area (Å²) in [4.78, 5) is 22.7. The van der Waals surface area contributed by atoms with Crippen LogP contribution in [0.25, 0.3) is 0 Å². The van der Waals surface area contributed by atoms with Crippen molar-refractivity contribution >= 4 is 12.2 Å². The molecule has 3 heterocycles. The summed E-state index contributed by atoms with van der Waals surface area (Å²) in [6, 6.07) is 11.3. The van der Waals surface area contributed by atoms with Gasteiger partial charge in [-0.2, -0.15) is 9.94 Å². The lowest BCUT2D eigenvalue weighted by Gasteiger charge is -2.23. The van der Waals surface area contributed by atoms with Gasteiger partial charge in [-0.15, -0.1) is 5.10 Å². The van der Waals surface area contributed by atoms with Gasteiger partial charge in [0.25, 0.3) is 0 Å². The van der Waals surface area contributed by atoms with Crippen LogP contribution in [0.4, 0.5) is 5.82 Å². The summed E-state index contributed by atoms with van der Waals surface area (Å²) in [5, 5.41) is 13.1. The number of hydrogen-bond acceptors (Lipinski definition) is 7. The highest BCUT2D eigenvalue weighted by Gasteiger charge is 2.18. The summed E-state index contributed by atoms with van der Waals surface area (Å²) >= 11 is 0. The first-order chi connectivity index (χ1) is 13.6. The molecule has 0 saturated carbocycles. The van der Waals surface area contributed by atoms with Crippen LogP contribution in [0.15, 0.2) is 50.7 Å². The molecule has 0 unspecified atom stereocenters. The minimum absolute atomic E-state index is 0.348. The second-order valence-corrected chi connectivity index (χ2v) is 6.62. The van der Waals surface area contributed by atoms with E-state index in [0.717, 1.165) is 22.5 Å². The lowest BCUT2D eigenvalue weighted by molar-refractivity contribution is 0.343. The van der Waals surface area contributed by atoms with Crippen molar-refractivity contribution in [1.29, 1.82) is 5.26 Å². The van der Waals surface area contributed by atoms with Crippen LogP contribution in [0.3, 0.4) is 0 Å². The van der Waals surface area contributed by atoms with Crippen LogP contribution in [-0.4, -0.2) is 26.0 Å². The van der Waals surface area contributed by atoms with Gasteiger partial charge in [-0.1, -0.05) is 12.1 Å². The van der Waals surface area contributed by atoms with Crippen molar-refractivity contribution in [3.05, 3.63) is 75.2 Å². The number of aryl methyl sites for hydroxylation is 3. The molecule has 2 aromatic heterocycles. The van der Waals surface area contributed by atoms with E-state index in [9.17, 15) is 4.79 Å². The first-order valence-electron chi connectivity index (χ1n) is 8.91. The number of hydrogen-bond donors (Lipinski definition) is 0. The van der Waals surface area contributed by atoms with Crippen LogP contribution in [-0.2, 0) is 26.1 Å². The molecule has 8 nitrogen and oxygen atoms in total. The molecule has 0 atom stereocenters. The fourth-order valence-electron chi connectivity index (χ4n) is 3.07. The average Bonchev–Trinajstić information content (AvgIpc) is 3.06. The zero-order valence-electron chi connectivity index (χ0n) is 15.4. The Hall–Kier alpha value is -3.73. The summed E-state index contributed by atoms with van der Waals surface area (Å²) in [6.07, 6.45) is 4.07. The number of nitriles is 1. The Morgan fingerprint density at radius 3 is 2.86 bits per heavy atom. The molecule has 0 spiro atoms. The van der Waals surface area contributed by atoms with Crippen LogP contribution in [0.1, 0.15) is 28.1 Å². The van der Waals surface area contributed by atoms with Gasteiger partial charge in [0.1, 0.15) is 0 Å². The van der Waals surface area contributed by atoms with Gasteiger partial charge in [-0.05, 0) is 42.7 Å². The molecule has 28 heavy (non-hydrogen) atoms. The smallest absolute Gasteiger partial charge is 0.390 e. The zero-order valence-corrected chi connectivity index (χ0v) is 15.4. The van der Waals surface area contributed by atoms with Crippen molar-refractivity contribution in [2.24, 2.45) is 4.99 Å². The summed E-state index contributed by atoms with van der Waals surface area (Å²) < 4.78 is 6.62. The summed E-state index contributed by atoms with van der Waals surface area (Å²) in [7, 11) is 0. The van der Waals surface area contributed by atoms with E-state index in [4.69, 9.17) is 9.68 Å². The van der Waals surface area contributed by atoms with Crippen molar-refractivity contribution in [1.82, 2.24) is 19.7 Å². The Labute approximate surface area is 161 Å². The minimum Gasteiger partial charge on any atom is -0.390 e. The number of fused-ring (bicyclic) bond motifs is 1. The van der Waals surface area contributed by atoms with Gasteiger partial charge in [0.05, 0.1) is 31.1 Å². The molecule has 140 valence electrons. The maximum atomic E-state index is 12.1. The first kappa shape index (κ1) is 17.7. The number of aliphatic imine (C=N–C) groups is 1. The van der Waals surface area contributed by atoms with Crippen molar-refractivity contribution in [3.8, 4) is 6.07 Å². The molecule has 0 fully saturated rings. The number of aromatic nitrogens is 3. The van der Waals surface area contributed by atoms with Gasteiger partial charge in [0.15, 0.2) is 5.82 Å². The number of rotatable bonds is 5. The Morgan fingerprint density at radius 2 is 2.07 bits per heavy atom. The molecule has 0 bridgehead atoms. The van der Waals surface area contributed by atoms with Gasteiger partial charge >= 0.3 is 5.76 Å². The number of nitrogens with zero attached hydrogens (tertiary/aromatic N) is 6. The molecule has 0 amide bonds. The molecule has 0 radical (unpaired) electrons. The summed E-state index contributed by atoms with van der Waals surface area (Å²) in [5.41, 5.74) is 3.83. The molecular formula is C20H18N6O2. The van der Waals surface area contributed by atoms with Gasteiger partial charge in [-0.25, -0.2) is 14.8 Å². The molecule has 0 saturated heterocycles. The molecule has 8 heteroatoms. The normalized spacial score (nSPS) is 12.6. The average molecular weight is 374 g/mol. The Bertz CT molecular complexity index is 1120. The molecular weight excluding hydrogens is 356 g/mol. The fraction of sp³-hybridized carbons (Fsp3) is 0.250. The standard InChI is InChI=1S/C20H18N6O2/c1-14-6-8-22-19-17(14)11-25(13-23-19)12-18-24-26(20(27)28-18)9-7-15-2-4-16(10-21)5-3-15/h2-6,8,13H,7,9,11-12H2,1H3. The van der Waals surface area contributed by atoms with Crippen molar-refractivity contribution < 1.29 is 4.42 Å². The summed E-state index contributed by atoms with van der Waals surface area (Å²) in [5.74, 6) is 0.600. The van der Waals surface area contributed by atoms with Crippen molar-refractivity contribution in [3.63, 3.8) is 0 Å². The van der Waals surface area contributed by atoms with Gasteiger partial charge in [-0.3, -0.25) is 0 Å². The summed E-state index contributed by atoms with van der Waals surface area (Å²) in [6.45, 7) is 3.43. The van der Waals surface area contributed by atoms with Gasteiger partial charge < -0.3 is 9.32 Å². The van der Waals surface area contributed by atoms with E-state index in [1.807, 2.05) is 30.0 Å². The topological polar surface area (TPSA) is 100 Å². The zero-order chi connectivity index (χ0) is 19.5. The Kier molecular flexibility index (Phi) is 4.72. The second kappa shape index (κ2) is 7.48. The molecule has 4 rings (SSSR count). The van der Waals surface area contributed by atoms with Gasteiger partial charge in [0, 0.05) is 18.3 Å². The van der Waals surface area contributed by atoms with E-state index < -0.39 is 5.76 Å². The third-order valence-corrected chi connectivity index (χ3v) is 4.65. The number of pyridine rings is 1. The predicted molar refractivity (Wildman–Crippen MR) is 102 cm³/mol. The van der Waals surface area contributed by atoms with Gasteiger partial charge in [0.2, 0.25) is 5.89 Å². The van der Waals surface area contributed by atoms with Crippen LogP contribution in [0, 0.1) is 18.3 Å². The monoisotopic (exact) mass is 374 g/mol. The highest BCUT2D eigenvalue weighted by molar-refractivity contribution is 5.65. The molecule has 0 N–H and O–H groups in total. The van der Waals surface area contributed by atoms with Crippen LogP contribution < -0.4 is 5.76 Å². The third-order valence-electron chi connectivity index (χ3n) is 4.65. The maximum Gasteiger partial charge on any atom is 0.437 e. The van der Waals surface area contributed by atoms with Crippen LogP contribution in [0.5, 0.6) is 0 Å². The van der Waals surface area contributed by atoms with E-state index in [-0.39, 0.29) is 0 Å². The molecule has 1 aliphatic rings. The lowest BCUT2D eigenvalue weighted by atomic mass is 10.1. The molecule has 1 aromatic carbocycles. The second-order valence-electron chi connectivity index (χ2n) is 6.62. The highest BCUT2D eigenvalue weighted by Crippen LogP contribution is 2.24. The third kappa shape index (κ3) is 3.69. The Morgan fingerprint density at radius 1 is 1.25 bits per heavy atom. The van der Waals surface area contributed by atoms with E-state index in [1.54, 1.807) is 24.7 Å². The van der Waals surface area contributed by atoms with Crippen LogP contribution in [0.2, 0.25) is 0 Å². The van der Waals surface area contributed by atoms with E-state index in [2.05, 4.69) is 21.1 Å². The lowest BCUT2D eigenvalue weighted by Crippen LogP contribution is -2.24. The predicted octanol–water partition coefficient (Wildman–Crippen LogP) is 2.33. The SMILES string of the molecule is Cc1ccnc2c1CN(Cc1nn(CCc3ccc(C#N)cc3)c(=O)o1)C=N2. The molecule has 1 aliphatic heterocycles. The minimum atomic E-state index is -0.476. The number of benzene rings is 1. The highest BCUT2D eigenvalue weighted by atomic mass is 16.4. The first-order valence-corrected chi connectivity index (χ1v) is 8.91. The fourth-order valence-corrected chi connectivity index (χ4v) is 3.07. The molecule has 0 aliphatic carbocycles. The van der Waals surface area contributed by atoms with E-state index in [1.165, 1.54) is 4.68 Å². The van der Waals surface area contributed by atoms with Crippen molar-refractivity contribution in [2.75, 3.05) is 0 Å². The molecule has 3 aromatic rings. The quantitative estimate of drug-likeness (QED) is 0.679. The Balaban J connectivity index is 1.41. The largest absolute Gasteiger partial charge is 0.437 e. The van der Waals surface area contributed by atoms with Crippen LogP contribution >= 0.6 is 0 Å². The maximum absolute atomic E-state index is 12.1. The van der Waals surface area contributed by atoms with E-state index in [0.29, 0.717) is 37.5 Å². The van der Waals surface area contributed by atoms with Crippen molar-refractivity contribution in [2.45, 2.75) is 33.0 Å². The van der Waals surface area contributed by atoms with E-state index >= 15 is 0 Å².